The highest BCUT2D eigenvalue weighted by molar-refractivity contribution is 5.95. The Morgan fingerprint density at radius 3 is 2.22 bits per heavy atom. The van der Waals surface area contributed by atoms with Gasteiger partial charge in [-0.05, 0) is 55.2 Å². The van der Waals surface area contributed by atoms with Gasteiger partial charge in [0.1, 0.15) is 23.1 Å². The molecule has 7 nitrogen and oxygen atoms in total. The maximum atomic E-state index is 14.4. The standard InChI is InChI=1S/C19H16F2N4O.C6H12O.C2H6.CH4O/c1-11-6-12(8-14(20)7-11)10-25-19(26)15-3-2-13(9-16(15)21)17-18(22)24-5-4-23-17;7-6-4-2-1-3-5-6;2*1-2/h2-9H,10H2,1H3,(H2,22,24)(H,25,26);6-7H,1-5H2;1-2H3;2H,1H3. The molecule has 0 saturated heterocycles. The van der Waals surface area contributed by atoms with Gasteiger partial charge in [0.2, 0.25) is 0 Å². The molecular weight excluding hydrogens is 478 g/mol. The smallest absolute Gasteiger partial charge is 0.254 e. The molecule has 1 fully saturated rings. The van der Waals surface area contributed by atoms with E-state index in [1.54, 1.807) is 19.1 Å². The van der Waals surface area contributed by atoms with E-state index >= 15 is 0 Å². The highest BCUT2D eigenvalue weighted by atomic mass is 19.1. The van der Waals surface area contributed by atoms with Gasteiger partial charge >= 0.3 is 0 Å². The van der Waals surface area contributed by atoms with Crippen LogP contribution < -0.4 is 11.1 Å². The van der Waals surface area contributed by atoms with Crippen molar-refractivity contribution in [2.24, 2.45) is 0 Å². The van der Waals surface area contributed by atoms with Crippen LogP contribution in [0.2, 0.25) is 0 Å². The Bertz CT molecular complexity index is 1090. The Labute approximate surface area is 217 Å². The molecule has 1 heterocycles. The van der Waals surface area contributed by atoms with Crippen molar-refractivity contribution in [2.45, 2.75) is 65.5 Å². The molecular formula is C28H38F2N4O3. The van der Waals surface area contributed by atoms with Crippen LogP contribution in [0.15, 0.2) is 48.8 Å². The van der Waals surface area contributed by atoms with Gasteiger partial charge < -0.3 is 21.3 Å². The van der Waals surface area contributed by atoms with Gasteiger partial charge in [0.05, 0.1) is 11.7 Å². The fraction of sp³-hybridized carbons (Fsp3) is 0.393. The summed E-state index contributed by atoms with van der Waals surface area (Å²) >= 11 is 0. The summed E-state index contributed by atoms with van der Waals surface area (Å²) in [7, 11) is 1.00. The monoisotopic (exact) mass is 516 g/mol. The fourth-order valence-electron chi connectivity index (χ4n) is 3.69. The zero-order valence-corrected chi connectivity index (χ0v) is 22.0. The Morgan fingerprint density at radius 1 is 1.03 bits per heavy atom. The summed E-state index contributed by atoms with van der Waals surface area (Å²) in [5.41, 5.74) is 7.71. The van der Waals surface area contributed by atoms with E-state index < -0.39 is 11.7 Å². The maximum Gasteiger partial charge on any atom is 0.254 e. The first-order chi connectivity index (χ1) is 17.8. The lowest BCUT2D eigenvalue weighted by atomic mass is 9.98. The predicted octanol–water partition coefficient (Wildman–Crippen LogP) is 5.19. The van der Waals surface area contributed by atoms with Crippen LogP contribution in [-0.2, 0) is 6.54 Å². The van der Waals surface area contributed by atoms with Crippen molar-refractivity contribution in [3.63, 3.8) is 0 Å². The van der Waals surface area contributed by atoms with Gasteiger partial charge in [-0.15, -0.1) is 0 Å². The number of benzene rings is 2. The van der Waals surface area contributed by atoms with Crippen molar-refractivity contribution in [3.8, 4) is 11.3 Å². The van der Waals surface area contributed by atoms with Gasteiger partial charge in [0, 0.05) is 31.6 Å². The first kappa shape index (κ1) is 31.6. The molecule has 4 rings (SSSR count). The Balaban J connectivity index is 0.000000525. The molecule has 3 aromatic rings. The molecule has 0 bridgehead atoms. The van der Waals surface area contributed by atoms with E-state index in [0.29, 0.717) is 16.8 Å². The summed E-state index contributed by atoms with van der Waals surface area (Å²) in [5.74, 6) is -1.51. The van der Waals surface area contributed by atoms with Crippen molar-refractivity contribution in [1.82, 2.24) is 15.3 Å². The quantitative estimate of drug-likeness (QED) is 0.379. The van der Waals surface area contributed by atoms with E-state index in [1.165, 1.54) is 55.9 Å². The van der Waals surface area contributed by atoms with E-state index in [1.807, 2.05) is 13.8 Å². The number of hydrogen-bond acceptors (Lipinski definition) is 6. The summed E-state index contributed by atoms with van der Waals surface area (Å²) in [4.78, 5) is 20.2. The lowest BCUT2D eigenvalue weighted by Gasteiger charge is -2.14. The highest BCUT2D eigenvalue weighted by Gasteiger charge is 2.14. The molecule has 1 saturated carbocycles. The molecule has 5 N–H and O–H groups in total. The summed E-state index contributed by atoms with van der Waals surface area (Å²) in [5, 5.41) is 18.5. The first-order valence-electron chi connectivity index (χ1n) is 12.4. The number of aliphatic hydroxyl groups is 2. The molecule has 202 valence electrons. The number of nitrogens with zero attached hydrogens (tertiary/aromatic N) is 2. The number of aromatic nitrogens is 2. The molecule has 1 aliphatic carbocycles. The minimum atomic E-state index is -0.708. The Kier molecular flexibility index (Phi) is 14.6. The third kappa shape index (κ3) is 10.6. The topological polar surface area (TPSA) is 121 Å². The van der Waals surface area contributed by atoms with Gasteiger partial charge in [0.15, 0.2) is 0 Å². The van der Waals surface area contributed by atoms with Gasteiger partial charge in [-0.2, -0.15) is 0 Å². The van der Waals surface area contributed by atoms with Crippen molar-refractivity contribution in [3.05, 3.63) is 77.1 Å². The average Bonchev–Trinajstić information content (AvgIpc) is 2.90. The number of amides is 1. The second kappa shape index (κ2) is 17.1. The van der Waals surface area contributed by atoms with E-state index in [0.717, 1.165) is 25.5 Å². The van der Waals surface area contributed by atoms with Gasteiger partial charge in [-0.1, -0.05) is 45.2 Å². The zero-order valence-electron chi connectivity index (χ0n) is 22.0. The lowest BCUT2D eigenvalue weighted by Crippen LogP contribution is -2.24. The molecule has 1 amide bonds. The SMILES string of the molecule is CC.CO.Cc1cc(F)cc(CNC(=O)c2ccc(-c3nccnc3N)cc2F)c1.OC1CCCCC1. The molecule has 1 aromatic heterocycles. The van der Waals surface area contributed by atoms with E-state index in [-0.39, 0.29) is 29.8 Å². The largest absolute Gasteiger partial charge is 0.400 e. The number of aliphatic hydroxyl groups excluding tert-OH is 2. The molecule has 9 heteroatoms. The molecule has 0 unspecified atom stereocenters. The molecule has 1 aliphatic rings. The number of hydrogen-bond donors (Lipinski definition) is 4. The number of aryl methyl sites for hydroxylation is 1. The Morgan fingerprint density at radius 2 is 1.68 bits per heavy atom. The third-order valence-electron chi connectivity index (χ3n) is 5.34. The van der Waals surface area contributed by atoms with Crippen LogP contribution in [0.1, 0.15) is 67.4 Å². The van der Waals surface area contributed by atoms with Gasteiger partial charge in [-0.3, -0.25) is 9.78 Å². The number of nitrogens with one attached hydrogen (secondary N) is 1. The number of nitrogens with two attached hydrogens (primary N) is 1. The van der Waals surface area contributed by atoms with Gasteiger partial charge in [0.25, 0.3) is 5.91 Å². The van der Waals surface area contributed by atoms with Gasteiger partial charge in [-0.25, -0.2) is 13.8 Å². The number of anilines is 1. The fourth-order valence-corrected chi connectivity index (χ4v) is 3.69. The third-order valence-corrected chi connectivity index (χ3v) is 5.34. The van der Waals surface area contributed by atoms with Crippen LogP contribution in [0.25, 0.3) is 11.3 Å². The molecule has 0 radical (unpaired) electrons. The average molecular weight is 517 g/mol. The van der Waals surface area contributed by atoms with Crippen LogP contribution in [0, 0.1) is 18.6 Å². The van der Waals surface area contributed by atoms with Crippen molar-refractivity contribution in [1.29, 1.82) is 0 Å². The summed E-state index contributed by atoms with van der Waals surface area (Å²) in [6.45, 7) is 5.85. The molecule has 37 heavy (non-hydrogen) atoms. The van der Waals surface area contributed by atoms with Crippen LogP contribution in [0.3, 0.4) is 0 Å². The van der Waals surface area contributed by atoms with Crippen LogP contribution >= 0.6 is 0 Å². The van der Waals surface area contributed by atoms with Crippen LogP contribution in [0.5, 0.6) is 0 Å². The van der Waals surface area contributed by atoms with Crippen molar-refractivity contribution < 1.29 is 23.8 Å². The minimum Gasteiger partial charge on any atom is -0.400 e. The summed E-state index contributed by atoms with van der Waals surface area (Å²) in [6.07, 6.45) is 8.81. The first-order valence-corrected chi connectivity index (χ1v) is 12.4. The Hall–Kier alpha value is -3.43. The summed E-state index contributed by atoms with van der Waals surface area (Å²) in [6, 6.07) is 8.54. The minimum absolute atomic E-state index is 0.0359. The second-order valence-electron chi connectivity index (χ2n) is 8.10. The number of halogens is 2. The normalized spacial score (nSPS) is 12.5. The van der Waals surface area contributed by atoms with E-state index in [4.69, 9.17) is 15.9 Å². The predicted molar refractivity (Wildman–Crippen MR) is 143 cm³/mol. The molecule has 0 aliphatic heterocycles. The maximum absolute atomic E-state index is 14.4. The molecule has 2 aromatic carbocycles. The molecule has 0 spiro atoms. The van der Waals surface area contributed by atoms with Crippen LogP contribution in [0.4, 0.5) is 14.6 Å². The molecule has 0 atom stereocenters. The van der Waals surface area contributed by atoms with Crippen molar-refractivity contribution in [2.75, 3.05) is 12.8 Å². The summed E-state index contributed by atoms with van der Waals surface area (Å²) < 4.78 is 27.7. The zero-order chi connectivity index (χ0) is 27.8. The number of carbonyl (C=O) groups is 1. The second-order valence-corrected chi connectivity index (χ2v) is 8.10. The number of carbonyl (C=O) groups excluding carboxylic acids is 1. The number of nitrogen functional groups attached to an aromatic ring is 1. The number of rotatable bonds is 4. The van der Waals surface area contributed by atoms with Crippen molar-refractivity contribution >= 4 is 11.7 Å². The lowest BCUT2D eigenvalue weighted by molar-refractivity contribution is 0.0946. The van der Waals surface area contributed by atoms with E-state index in [2.05, 4.69) is 15.3 Å². The van der Waals surface area contributed by atoms with E-state index in [9.17, 15) is 13.6 Å². The van der Waals surface area contributed by atoms with Crippen LogP contribution in [-0.4, -0.2) is 39.3 Å². The highest BCUT2D eigenvalue weighted by Crippen LogP contribution is 2.23.